The summed E-state index contributed by atoms with van der Waals surface area (Å²) in [6, 6.07) is 15.5. The minimum absolute atomic E-state index is 0.00905. The van der Waals surface area contributed by atoms with Crippen molar-refractivity contribution < 1.29 is 4.79 Å². The number of hydrogen-bond acceptors (Lipinski definition) is 4. The lowest BCUT2D eigenvalue weighted by Crippen LogP contribution is -2.50. The summed E-state index contributed by atoms with van der Waals surface area (Å²) in [5.74, 6) is 0.598. The number of nitrogens with zero attached hydrogens (tertiary/aromatic N) is 5. The van der Waals surface area contributed by atoms with Gasteiger partial charge in [0.2, 0.25) is 0 Å². The van der Waals surface area contributed by atoms with Crippen LogP contribution in [-0.2, 0) is 0 Å². The Morgan fingerprint density at radius 1 is 1.07 bits per heavy atom. The summed E-state index contributed by atoms with van der Waals surface area (Å²) >= 11 is 0. The first-order chi connectivity index (χ1) is 13.2. The van der Waals surface area contributed by atoms with Gasteiger partial charge < -0.3 is 15.1 Å². The highest BCUT2D eigenvalue weighted by Gasteiger charge is 2.30. The van der Waals surface area contributed by atoms with E-state index >= 15 is 0 Å². The van der Waals surface area contributed by atoms with Gasteiger partial charge in [-0.3, -0.25) is 0 Å². The molecule has 1 N–H and O–H groups in total. The van der Waals surface area contributed by atoms with Gasteiger partial charge in [0.25, 0.3) is 0 Å². The Kier molecular flexibility index (Phi) is 4.84. The molecule has 0 radical (unpaired) electrons. The van der Waals surface area contributed by atoms with Gasteiger partial charge in [0, 0.05) is 38.2 Å². The minimum Gasteiger partial charge on any atom is -0.315 e. The van der Waals surface area contributed by atoms with E-state index in [-0.39, 0.29) is 12.1 Å². The fraction of sp³-hybridized carbons (Fsp3) is 0.250. The Hall–Kier alpha value is -3.19. The molecule has 1 aliphatic rings. The average molecular weight is 362 g/mol. The molecule has 1 fully saturated rings. The summed E-state index contributed by atoms with van der Waals surface area (Å²) in [6.07, 6.45) is 5.18. The molecule has 3 heterocycles. The number of pyridine rings is 1. The van der Waals surface area contributed by atoms with E-state index in [1.54, 1.807) is 29.3 Å². The van der Waals surface area contributed by atoms with E-state index in [2.05, 4.69) is 39.5 Å². The molecular weight excluding hydrogens is 340 g/mol. The van der Waals surface area contributed by atoms with Crippen LogP contribution in [0.5, 0.6) is 0 Å². The van der Waals surface area contributed by atoms with Crippen LogP contribution in [-0.4, -0.2) is 57.3 Å². The van der Waals surface area contributed by atoms with Crippen molar-refractivity contribution in [3.63, 3.8) is 0 Å². The van der Waals surface area contributed by atoms with Crippen molar-refractivity contribution in [1.82, 2.24) is 24.6 Å². The van der Waals surface area contributed by atoms with Gasteiger partial charge in [-0.05, 0) is 30.8 Å². The number of hydrogen-bond donors (Lipinski definition) is 1. The van der Waals surface area contributed by atoms with E-state index in [0.29, 0.717) is 18.1 Å². The van der Waals surface area contributed by atoms with Crippen LogP contribution < -0.4 is 5.32 Å². The third kappa shape index (κ3) is 3.68. The van der Waals surface area contributed by atoms with Gasteiger partial charge in [-0.2, -0.15) is 5.10 Å². The second kappa shape index (κ2) is 7.59. The molecule has 1 saturated heterocycles. The van der Waals surface area contributed by atoms with Gasteiger partial charge in [-0.1, -0.05) is 30.3 Å². The van der Waals surface area contributed by atoms with Crippen molar-refractivity contribution >= 4 is 11.7 Å². The molecule has 0 saturated carbocycles. The highest BCUT2D eigenvalue weighted by Crippen LogP contribution is 2.26. The summed E-state index contributed by atoms with van der Waals surface area (Å²) in [5.41, 5.74) is 1.77. The number of benzene rings is 1. The Morgan fingerprint density at radius 2 is 1.93 bits per heavy atom. The molecule has 138 valence electrons. The molecule has 3 aromatic rings. The van der Waals surface area contributed by atoms with Crippen LogP contribution in [0.15, 0.2) is 67.1 Å². The third-order valence-corrected chi connectivity index (χ3v) is 4.78. The van der Waals surface area contributed by atoms with Crippen molar-refractivity contribution in [2.24, 2.45) is 0 Å². The van der Waals surface area contributed by atoms with Crippen LogP contribution in [0.25, 0.3) is 5.82 Å². The van der Waals surface area contributed by atoms with Gasteiger partial charge in [0.15, 0.2) is 5.82 Å². The molecule has 1 aliphatic heterocycles. The molecule has 0 spiro atoms. The van der Waals surface area contributed by atoms with Gasteiger partial charge >= 0.3 is 6.03 Å². The standard InChI is InChI=1S/C20H22N6O/c1-24-13-14-25(18(15-24)16-7-3-2-4-8-16)20(27)23-17-9-5-10-21-19(17)26-12-6-11-22-26/h2-12,18H,13-15H2,1H3,(H,23,27)/t18-/m0/s1. The molecule has 7 nitrogen and oxygen atoms in total. The summed E-state index contributed by atoms with van der Waals surface area (Å²) in [5, 5.41) is 7.25. The zero-order valence-corrected chi connectivity index (χ0v) is 15.2. The summed E-state index contributed by atoms with van der Waals surface area (Å²) < 4.78 is 1.65. The molecule has 2 aromatic heterocycles. The summed E-state index contributed by atoms with van der Waals surface area (Å²) in [6.45, 7) is 2.31. The molecule has 7 heteroatoms. The molecule has 0 unspecified atom stereocenters. The molecule has 1 aromatic carbocycles. The van der Waals surface area contributed by atoms with Gasteiger partial charge in [0.05, 0.1) is 11.7 Å². The van der Waals surface area contributed by atoms with Crippen LogP contribution in [0.1, 0.15) is 11.6 Å². The van der Waals surface area contributed by atoms with Crippen LogP contribution in [0.4, 0.5) is 10.5 Å². The predicted molar refractivity (Wildman–Crippen MR) is 104 cm³/mol. The van der Waals surface area contributed by atoms with Crippen LogP contribution >= 0.6 is 0 Å². The van der Waals surface area contributed by atoms with E-state index in [1.165, 1.54) is 0 Å². The summed E-state index contributed by atoms with van der Waals surface area (Å²) in [4.78, 5) is 21.6. The lowest BCUT2D eigenvalue weighted by Gasteiger charge is -2.40. The molecule has 0 bridgehead atoms. The average Bonchev–Trinajstić information content (AvgIpc) is 3.23. The van der Waals surface area contributed by atoms with E-state index < -0.39 is 0 Å². The highest BCUT2D eigenvalue weighted by atomic mass is 16.2. The third-order valence-electron chi connectivity index (χ3n) is 4.78. The number of anilines is 1. The molecular formula is C20H22N6O. The number of rotatable bonds is 3. The number of piperazine rings is 1. The highest BCUT2D eigenvalue weighted by molar-refractivity contribution is 5.91. The van der Waals surface area contributed by atoms with E-state index in [9.17, 15) is 4.79 Å². The number of likely N-dealkylation sites (N-methyl/N-ethyl adjacent to an activating group) is 1. The van der Waals surface area contributed by atoms with Crippen molar-refractivity contribution in [1.29, 1.82) is 0 Å². The normalized spacial score (nSPS) is 17.7. The monoisotopic (exact) mass is 362 g/mol. The largest absolute Gasteiger partial charge is 0.322 e. The van der Waals surface area contributed by atoms with Crippen LogP contribution in [0, 0.1) is 0 Å². The first-order valence-corrected chi connectivity index (χ1v) is 8.98. The number of urea groups is 1. The maximum atomic E-state index is 13.1. The molecule has 27 heavy (non-hydrogen) atoms. The minimum atomic E-state index is -0.127. The zero-order chi connectivity index (χ0) is 18.6. The quantitative estimate of drug-likeness (QED) is 0.778. The van der Waals surface area contributed by atoms with Gasteiger partial charge in [-0.15, -0.1) is 0 Å². The lowest BCUT2D eigenvalue weighted by molar-refractivity contribution is 0.116. The van der Waals surface area contributed by atoms with E-state index in [4.69, 9.17) is 0 Å². The number of carbonyl (C=O) groups excluding carboxylic acids is 1. The van der Waals surface area contributed by atoms with Gasteiger partial charge in [-0.25, -0.2) is 14.5 Å². The molecule has 0 aliphatic carbocycles. The van der Waals surface area contributed by atoms with E-state index in [0.717, 1.165) is 18.7 Å². The number of nitrogens with one attached hydrogen (secondary N) is 1. The van der Waals surface area contributed by atoms with Crippen LogP contribution in [0.3, 0.4) is 0 Å². The van der Waals surface area contributed by atoms with Crippen molar-refractivity contribution in [3.05, 3.63) is 72.7 Å². The Labute approximate surface area is 158 Å². The maximum absolute atomic E-state index is 13.1. The number of carbonyl (C=O) groups is 1. The fourth-order valence-electron chi connectivity index (χ4n) is 3.38. The number of amides is 2. The van der Waals surface area contributed by atoms with Gasteiger partial charge in [0.1, 0.15) is 0 Å². The molecule has 2 amide bonds. The second-order valence-corrected chi connectivity index (χ2v) is 6.64. The van der Waals surface area contributed by atoms with E-state index in [1.807, 2.05) is 35.2 Å². The fourth-order valence-corrected chi connectivity index (χ4v) is 3.38. The second-order valence-electron chi connectivity index (χ2n) is 6.64. The SMILES string of the molecule is CN1CCN(C(=O)Nc2cccnc2-n2cccn2)[C@H](c2ccccc2)C1. The molecule has 1 atom stereocenters. The van der Waals surface area contributed by atoms with Crippen molar-refractivity contribution in [2.45, 2.75) is 6.04 Å². The first-order valence-electron chi connectivity index (χ1n) is 8.98. The topological polar surface area (TPSA) is 66.3 Å². The smallest absolute Gasteiger partial charge is 0.315 e. The summed E-state index contributed by atoms with van der Waals surface area (Å²) in [7, 11) is 2.09. The lowest BCUT2D eigenvalue weighted by atomic mass is 10.0. The number of aromatic nitrogens is 3. The van der Waals surface area contributed by atoms with Crippen molar-refractivity contribution in [3.8, 4) is 5.82 Å². The van der Waals surface area contributed by atoms with Crippen molar-refractivity contribution in [2.75, 3.05) is 32.0 Å². The Balaban J connectivity index is 1.59. The Morgan fingerprint density at radius 3 is 2.70 bits per heavy atom. The maximum Gasteiger partial charge on any atom is 0.322 e. The Bertz CT molecular complexity index is 896. The zero-order valence-electron chi connectivity index (χ0n) is 15.2. The molecule has 4 rings (SSSR count). The predicted octanol–water partition coefficient (Wildman–Crippen LogP) is 2.79. The first kappa shape index (κ1) is 17.2. The van der Waals surface area contributed by atoms with Crippen LogP contribution in [0.2, 0.25) is 0 Å².